The van der Waals surface area contributed by atoms with Crippen LogP contribution in [-0.4, -0.2) is 14.5 Å². The maximum atomic E-state index is 6.70. The quantitative estimate of drug-likeness (QED) is 0.187. The van der Waals surface area contributed by atoms with E-state index in [1.807, 2.05) is 47.7 Å². The molecule has 0 fully saturated rings. The van der Waals surface area contributed by atoms with Crippen LogP contribution in [0.15, 0.2) is 168 Å². The highest BCUT2D eigenvalue weighted by molar-refractivity contribution is 7.26. The molecular formula is C46H27N3OS. The van der Waals surface area contributed by atoms with Crippen molar-refractivity contribution in [2.24, 2.45) is 0 Å². The number of para-hydroxylation sites is 2. The Morgan fingerprint density at radius 1 is 0.490 bits per heavy atom. The summed E-state index contributed by atoms with van der Waals surface area (Å²) in [5.41, 5.74) is 10.2. The maximum Gasteiger partial charge on any atom is 0.160 e. The highest BCUT2D eigenvalue weighted by Gasteiger charge is 2.25. The Balaban J connectivity index is 1.18. The standard InChI is InChI=1S/C46H27N3OS/c1-3-13-28(14-4-1)35-27-36(48-46(47-35)30-15-5-2-6-16-30)29-23-25-31(26-24-29)49-37-20-10-7-17-32(37)40-41-33-18-8-11-21-38(33)50-44(41)45-42(43(40)49)34-19-9-12-22-39(34)51-45/h1-27H. The van der Waals surface area contributed by atoms with Crippen molar-refractivity contribution in [3.8, 4) is 39.6 Å². The van der Waals surface area contributed by atoms with Gasteiger partial charge in [0.25, 0.3) is 0 Å². The molecule has 5 heteroatoms. The summed E-state index contributed by atoms with van der Waals surface area (Å²) in [6.07, 6.45) is 0. The van der Waals surface area contributed by atoms with Crippen molar-refractivity contribution < 1.29 is 4.42 Å². The fraction of sp³-hybridized carbons (Fsp3) is 0. The van der Waals surface area contributed by atoms with Crippen molar-refractivity contribution in [1.82, 2.24) is 14.5 Å². The number of hydrogen-bond acceptors (Lipinski definition) is 4. The van der Waals surface area contributed by atoms with E-state index in [0.29, 0.717) is 5.82 Å². The summed E-state index contributed by atoms with van der Waals surface area (Å²) in [5.74, 6) is 0.710. The fourth-order valence-corrected chi connectivity index (χ4v) is 8.93. The average Bonchev–Trinajstić information content (AvgIpc) is 3.88. The second kappa shape index (κ2) is 11.0. The number of fused-ring (bicyclic) bond motifs is 12. The Hall–Kier alpha value is -6.56. The SMILES string of the molecule is c1ccc(-c2cc(-c3ccc(-n4c5ccccc5c5c6c7ccccc7oc6c6sc7ccccc7c6c54)cc3)nc(-c3ccccc3)n2)cc1. The number of aromatic nitrogens is 3. The Kier molecular flexibility index (Phi) is 6.09. The van der Waals surface area contributed by atoms with Gasteiger partial charge in [-0.1, -0.05) is 127 Å². The first-order valence-electron chi connectivity index (χ1n) is 17.1. The fourth-order valence-electron chi connectivity index (χ4n) is 7.74. The predicted molar refractivity (Wildman–Crippen MR) is 213 cm³/mol. The minimum atomic E-state index is 0.710. The van der Waals surface area contributed by atoms with Crippen molar-refractivity contribution in [2.45, 2.75) is 0 Å². The Morgan fingerprint density at radius 2 is 1.10 bits per heavy atom. The molecule has 0 aliphatic rings. The van der Waals surface area contributed by atoms with Crippen molar-refractivity contribution in [3.05, 3.63) is 164 Å². The van der Waals surface area contributed by atoms with Gasteiger partial charge in [0.15, 0.2) is 11.4 Å². The number of rotatable bonds is 4. The molecule has 0 saturated carbocycles. The molecule has 238 valence electrons. The van der Waals surface area contributed by atoms with Gasteiger partial charge in [-0.2, -0.15) is 0 Å². The van der Waals surface area contributed by atoms with Gasteiger partial charge in [-0.25, -0.2) is 9.97 Å². The summed E-state index contributed by atoms with van der Waals surface area (Å²) >= 11 is 1.81. The number of benzene rings is 7. The molecule has 0 radical (unpaired) electrons. The van der Waals surface area contributed by atoms with Gasteiger partial charge < -0.3 is 8.98 Å². The summed E-state index contributed by atoms with van der Waals surface area (Å²) in [7, 11) is 0. The van der Waals surface area contributed by atoms with Crippen molar-refractivity contribution >= 4 is 75.3 Å². The van der Waals surface area contributed by atoms with E-state index < -0.39 is 0 Å². The highest BCUT2D eigenvalue weighted by Crippen LogP contribution is 2.50. The van der Waals surface area contributed by atoms with Gasteiger partial charge >= 0.3 is 0 Å². The Bertz CT molecular complexity index is 3060. The van der Waals surface area contributed by atoms with E-state index in [-0.39, 0.29) is 0 Å². The van der Waals surface area contributed by atoms with E-state index in [1.54, 1.807) is 0 Å². The summed E-state index contributed by atoms with van der Waals surface area (Å²) in [5, 5.41) is 7.22. The van der Waals surface area contributed by atoms with Crippen LogP contribution in [0.5, 0.6) is 0 Å². The van der Waals surface area contributed by atoms with Gasteiger partial charge in [0.05, 0.1) is 27.1 Å². The van der Waals surface area contributed by atoms with Gasteiger partial charge in [0.1, 0.15) is 5.58 Å². The number of nitrogens with zero attached hydrogens (tertiary/aromatic N) is 3. The zero-order valence-electron chi connectivity index (χ0n) is 27.2. The molecule has 51 heavy (non-hydrogen) atoms. The van der Waals surface area contributed by atoms with E-state index in [9.17, 15) is 0 Å². The molecule has 0 atom stereocenters. The average molecular weight is 670 g/mol. The van der Waals surface area contributed by atoms with Crippen LogP contribution in [0.2, 0.25) is 0 Å². The molecule has 4 aromatic heterocycles. The second-order valence-corrected chi connectivity index (χ2v) is 14.0. The van der Waals surface area contributed by atoms with Crippen LogP contribution in [0.1, 0.15) is 0 Å². The van der Waals surface area contributed by atoms with Gasteiger partial charge in [-0.15, -0.1) is 11.3 Å². The molecule has 11 aromatic rings. The van der Waals surface area contributed by atoms with E-state index >= 15 is 0 Å². The molecule has 0 bridgehead atoms. The van der Waals surface area contributed by atoms with E-state index in [1.165, 1.54) is 41.8 Å². The lowest BCUT2D eigenvalue weighted by molar-refractivity contribution is 0.673. The lowest BCUT2D eigenvalue weighted by Gasteiger charge is -2.12. The van der Waals surface area contributed by atoms with Gasteiger partial charge in [0, 0.05) is 59.4 Å². The van der Waals surface area contributed by atoms with Crippen molar-refractivity contribution in [3.63, 3.8) is 0 Å². The topological polar surface area (TPSA) is 43.9 Å². The molecule has 0 aliphatic heterocycles. The minimum absolute atomic E-state index is 0.710. The van der Waals surface area contributed by atoms with Crippen LogP contribution < -0.4 is 0 Å². The normalized spacial score (nSPS) is 11.9. The molecule has 0 saturated heterocycles. The van der Waals surface area contributed by atoms with Crippen LogP contribution in [0.3, 0.4) is 0 Å². The summed E-state index contributed by atoms with van der Waals surface area (Å²) in [4.78, 5) is 10.1. The van der Waals surface area contributed by atoms with Crippen LogP contribution in [-0.2, 0) is 0 Å². The molecular weight excluding hydrogens is 643 g/mol. The van der Waals surface area contributed by atoms with Gasteiger partial charge in [-0.05, 0) is 36.4 Å². The first-order chi connectivity index (χ1) is 25.3. The minimum Gasteiger partial charge on any atom is -0.455 e. The number of hydrogen-bond donors (Lipinski definition) is 0. The zero-order valence-corrected chi connectivity index (χ0v) is 28.1. The second-order valence-electron chi connectivity index (χ2n) is 12.9. The van der Waals surface area contributed by atoms with Crippen LogP contribution in [0.25, 0.3) is 104 Å². The molecule has 0 aliphatic carbocycles. The third kappa shape index (κ3) is 4.25. The zero-order chi connectivity index (χ0) is 33.5. The molecule has 11 rings (SSSR count). The van der Waals surface area contributed by atoms with Crippen molar-refractivity contribution in [1.29, 1.82) is 0 Å². The highest BCUT2D eigenvalue weighted by atomic mass is 32.1. The molecule has 0 spiro atoms. The molecule has 0 amide bonds. The Labute approximate surface area is 296 Å². The smallest absolute Gasteiger partial charge is 0.160 e. The van der Waals surface area contributed by atoms with E-state index in [0.717, 1.165) is 55.8 Å². The summed E-state index contributed by atoms with van der Waals surface area (Å²) < 4.78 is 11.6. The molecule has 0 N–H and O–H groups in total. The molecule has 4 heterocycles. The van der Waals surface area contributed by atoms with E-state index in [2.05, 4.69) is 132 Å². The first kappa shape index (κ1) is 28.3. The monoisotopic (exact) mass is 669 g/mol. The number of thiophene rings is 1. The lowest BCUT2D eigenvalue weighted by atomic mass is 10.0. The third-order valence-corrected chi connectivity index (χ3v) is 11.2. The molecule has 4 nitrogen and oxygen atoms in total. The largest absolute Gasteiger partial charge is 0.455 e. The lowest BCUT2D eigenvalue weighted by Crippen LogP contribution is -1.97. The van der Waals surface area contributed by atoms with Crippen LogP contribution >= 0.6 is 11.3 Å². The van der Waals surface area contributed by atoms with E-state index in [4.69, 9.17) is 14.4 Å². The third-order valence-electron chi connectivity index (χ3n) is 10.0. The van der Waals surface area contributed by atoms with Gasteiger partial charge in [-0.3, -0.25) is 0 Å². The predicted octanol–water partition coefficient (Wildman–Crippen LogP) is 12.8. The van der Waals surface area contributed by atoms with Crippen LogP contribution in [0.4, 0.5) is 0 Å². The number of furan rings is 1. The Morgan fingerprint density at radius 3 is 1.86 bits per heavy atom. The van der Waals surface area contributed by atoms with Crippen LogP contribution in [0, 0.1) is 0 Å². The summed E-state index contributed by atoms with van der Waals surface area (Å²) in [6, 6.07) is 57.4. The van der Waals surface area contributed by atoms with Crippen molar-refractivity contribution in [2.75, 3.05) is 0 Å². The maximum absolute atomic E-state index is 6.70. The summed E-state index contributed by atoms with van der Waals surface area (Å²) in [6.45, 7) is 0. The first-order valence-corrected chi connectivity index (χ1v) is 17.9. The molecule has 0 unspecified atom stereocenters. The molecule has 7 aromatic carbocycles. The van der Waals surface area contributed by atoms with Gasteiger partial charge in [0.2, 0.25) is 0 Å².